The van der Waals surface area contributed by atoms with Gasteiger partial charge in [-0.25, -0.2) is 9.07 Å². The molecule has 2 aromatic heterocycles. The van der Waals surface area contributed by atoms with Crippen LogP contribution in [-0.4, -0.2) is 41.0 Å². The number of benzene rings is 3. The highest BCUT2D eigenvalue weighted by atomic mass is 32.2. The van der Waals surface area contributed by atoms with Crippen molar-refractivity contribution in [2.45, 2.75) is 11.8 Å². The molecular weight excluding hydrogens is 555 g/mol. The molecule has 8 nitrogen and oxygen atoms in total. The van der Waals surface area contributed by atoms with Crippen molar-refractivity contribution >= 4 is 29.4 Å². The molecular formula is C32H27FN4O4S. The Hall–Kier alpha value is -4.83. The molecule has 1 aliphatic rings. The molecule has 0 spiro atoms. The molecule has 1 N–H and O–H groups in total. The van der Waals surface area contributed by atoms with Gasteiger partial charge in [0.2, 0.25) is 11.8 Å². The molecule has 1 atom stereocenters. The van der Waals surface area contributed by atoms with Crippen LogP contribution in [0.4, 0.5) is 10.2 Å². The van der Waals surface area contributed by atoms with Crippen molar-refractivity contribution in [1.82, 2.24) is 15.1 Å². The number of anilines is 1. The van der Waals surface area contributed by atoms with Crippen molar-refractivity contribution in [3.8, 4) is 22.7 Å². The second kappa shape index (κ2) is 12.0. The number of nitrogens with zero attached hydrogens (tertiary/aromatic N) is 3. The molecule has 6 rings (SSSR count). The highest BCUT2D eigenvalue weighted by Crippen LogP contribution is 2.49. The number of nitrogens with one attached hydrogen (secondary N) is 1. The zero-order chi connectivity index (χ0) is 29.1. The normalized spacial score (nSPS) is 14.8. The highest BCUT2D eigenvalue weighted by molar-refractivity contribution is 8.00. The minimum absolute atomic E-state index is 0.0377. The second-order valence-electron chi connectivity index (χ2n) is 9.61. The summed E-state index contributed by atoms with van der Waals surface area (Å²) in [6, 6.07) is 26.9. The molecule has 42 heavy (non-hydrogen) atoms. The third-order valence-electron chi connectivity index (χ3n) is 6.98. The summed E-state index contributed by atoms with van der Waals surface area (Å²) in [7, 11) is 1.58. The van der Waals surface area contributed by atoms with Crippen molar-refractivity contribution in [3.63, 3.8) is 0 Å². The van der Waals surface area contributed by atoms with E-state index in [2.05, 4.69) is 5.32 Å². The SMILES string of the molecule is COc1ccc(-n2nc(-c3ccccc3)c3c2N(CC(=O)NCc2ccco2)C(=O)CSC3c2ccccc2F)cc1. The van der Waals surface area contributed by atoms with E-state index >= 15 is 4.39 Å². The largest absolute Gasteiger partial charge is 0.497 e. The van der Waals surface area contributed by atoms with Gasteiger partial charge in [0.25, 0.3) is 0 Å². The lowest BCUT2D eigenvalue weighted by atomic mass is 9.99. The fourth-order valence-corrected chi connectivity index (χ4v) is 6.18. The van der Waals surface area contributed by atoms with Crippen LogP contribution in [-0.2, 0) is 16.1 Å². The monoisotopic (exact) mass is 582 g/mol. The predicted molar refractivity (Wildman–Crippen MR) is 159 cm³/mol. The van der Waals surface area contributed by atoms with E-state index in [0.717, 1.165) is 5.56 Å². The van der Waals surface area contributed by atoms with Gasteiger partial charge in [-0.05, 0) is 42.5 Å². The van der Waals surface area contributed by atoms with Gasteiger partial charge in [-0.3, -0.25) is 14.5 Å². The predicted octanol–water partition coefficient (Wildman–Crippen LogP) is 5.77. The molecule has 3 aromatic carbocycles. The van der Waals surface area contributed by atoms with Crippen molar-refractivity contribution in [1.29, 1.82) is 0 Å². The van der Waals surface area contributed by atoms with E-state index in [9.17, 15) is 9.59 Å². The Kier molecular flexibility index (Phi) is 7.78. The Morgan fingerprint density at radius 2 is 1.81 bits per heavy atom. The van der Waals surface area contributed by atoms with E-state index in [0.29, 0.717) is 39.8 Å². The summed E-state index contributed by atoms with van der Waals surface area (Å²) < 4.78 is 27.7. The summed E-state index contributed by atoms with van der Waals surface area (Å²) in [5, 5.41) is 7.28. The Balaban J connectivity index is 1.54. The molecule has 2 amide bonds. The van der Waals surface area contributed by atoms with Gasteiger partial charge >= 0.3 is 0 Å². The van der Waals surface area contributed by atoms with E-state index < -0.39 is 5.25 Å². The lowest BCUT2D eigenvalue weighted by Gasteiger charge is -2.23. The first-order valence-electron chi connectivity index (χ1n) is 13.3. The lowest BCUT2D eigenvalue weighted by molar-refractivity contribution is -0.123. The van der Waals surface area contributed by atoms with Crippen LogP contribution in [0, 0.1) is 5.82 Å². The molecule has 10 heteroatoms. The molecule has 212 valence electrons. The molecule has 0 fully saturated rings. The van der Waals surface area contributed by atoms with Crippen LogP contribution in [0.5, 0.6) is 5.75 Å². The van der Waals surface area contributed by atoms with Crippen LogP contribution in [0.15, 0.2) is 102 Å². The van der Waals surface area contributed by atoms with Gasteiger partial charge in [0.15, 0.2) is 0 Å². The molecule has 0 saturated carbocycles. The third-order valence-corrected chi connectivity index (χ3v) is 8.22. The summed E-state index contributed by atoms with van der Waals surface area (Å²) in [6.07, 6.45) is 1.53. The average Bonchev–Trinajstić information content (AvgIpc) is 3.66. The van der Waals surface area contributed by atoms with Crippen molar-refractivity contribution < 1.29 is 23.1 Å². The Bertz CT molecular complexity index is 1700. The fraction of sp³-hybridized carbons (Fsp3) is 0.156. The average molecular weight is 583 g/mol. The van der Waals surface area contributed by atoms with Gasteiger partial charge < -0.3 is 14.5 Å². The Labute approximate surface area is 246 Å². The number of methoxy groups -OCH3 is 1. The number of fused-ring (bicyclic) bond motifs is 1. The number of carbonyl (C=O) groups is 2. The lowest BCUT2D eigenvalue weighted by Crippen LogP contribution is -2.42. The van der Waals surface area contributed by atoms with E-state index in [1.54, 1.807) is 54.3 Å². The first-order valence-corrected chi connectivity index (χ1v) is 14.4. The van der Waals surface area contributed by atoms with E-state index in [1.807, 2.05) is 42.5 Å². The van der Waals surface area contributed by atoms with E-state index in [-0.39, 0.29) is 36.5 Å². The zero-order valence-electron chi connectivity index (χ0n) is 22.7. The highest BCUT2D eigenvalue weighted by Gasteiger charge is 2.38. The van der Waals surface area contributed by atoms with Gasteiger partial charge in [0.1, 0.15) is 29.7 Å². The number of rotatable bonds is 8. The van der Waals surface area contributed by atoms with Crippen LogP contribution >= 0.6 is 11.8 Å². The number of hydrogen-bond acceptors (Lipinski definition) is 6. The van der Waals surface area contributed by atoms with Crippen molar-refractivity contribution in [3.05, 3.63) is 120 Å². The van der Waals surface area contributed by atoms with Gasteiger partial charge in [-0.2, -0.15) is 5.10 Å². The number of thioether (sulfide) groups is 1. The molecule has 0 radical (unpaired) electrons. The van der Waals surface area contributed by atoms with Crippen LogP contribution < -0.4 is 15.0 Å². The summed E-state index contributed by atoms with van der Waals surface area (Å²) in [6.45, 7) is -0.0759. The first kappa shape index (κ1) is 27.3. The fourth-order valence-electron chi connectivity index (χ4n) is 4.96. The number of amides is 2. The Morgan fingerprint density at radius 1 is 1.05 bits per heavy atom. The topological polar surface area (TPSA) is 89.6 Å². The second-order valence-corrected chi connectivity index (χ2v) is 10.7. The number of furan rings is 1. The Morgan fingerprint density at radius 3 is 2.52 bits per heavy atom. The van der Waals surface area contributed by atoms with Gasteiger partial charge in [0.05, 0.1) is 42.3 Å². The minimum atomic E-state index is -0.566. The molecule has 5 aromatic rings. The summed E-state index contributed by atoms with van der Waals surface area (Å²) in [5.74, 6) is 0.660. The molecule has 0 aliphatic carbocycles. The standard InChI is InChI=1S/C32H27FN4O4S/c1-40-23-15-13-22(14-16-23)37-32-29(30(35-37)21-8-3-2-4-9-21)31(25-11-5-6-12-26(25)33)42-20-28(39)36(32)19-27(38)34-18-24-10-7-17-41-24/h2-17,31H,18-20H2,1H3,(H,34,38). The number of aromatic nitrogens is 2. The molecule has 1 aliphatic heterocycles. The van der Waals surface area contributed by atoms with E-state index in [1.165, 1.54) is 29.0 Å². The van der Waals surface area contributed by atoms with Gasteiger partial charge in [0, 0.05) is 16.7 Å². The zero-order valence-corrected chi connectivity index (χ0v) is 23.5. The maximum atomic E-state index is 15.4. The molecule has 3 heterocycles. The van der Waals surface area contributed by atoms with E-state index in [4.69, 9.17) is 14.3 Å². The number of halogens is 1. The van der Waals surface area contributed by atoms with Crippen LogP contribution in [0.2, 0.25) is 0 Å². The van der Waals surface area contributed by atoms with Crippen LogP contribution in [0.1, 0.15) is 22.1 Å². The smallest absolute Gasteiger partial charge is 0.240 e. The summed E-state index contributed by atoms with van der Waals surface area (Å²) in [4.78, 5) is 28.5. The first-order chi connectivity index (χ1) is 20.5. The van der Waals surface area contributed by atoms with Crippen molar-refractivity contribution in [2.24, 2.45) is 0 Å². The number of hydrogen-bond donors (Lipinski definition) is 1. The molecule has 0 bridgehead atoms. The van der Waals surface area contributed by atoms with Crippen LogP contribution in [0.25, 0.3) is 16.9 Å². The van der Waals surface area contributed by atoms with Crippen LogP contribution in [0.3, 0.4) is 0 Å². The van der Waals surface area contributed by atoms with Gasteiger partial charge in [-0.1, -0.05) is 48.5 Å². The maximum absolute atomic E-state index is 15.4. The minimum Gasteiger partial charge on any atom is -0.497 e. The summed E-state index contributed by atoms with van der Waals surface area (Å²) >= 11 is 1.32. The third kappa shape index (κ3) is 5.40. The summed E-state index contributed by atoms with van der Waals surface area (Å²) in [5.41, 5.74) is 3.14. The number of carbonyl (C=O) groups excluding carboxylic acids is 2. The molecule has 0 saturated heterocycles. The number of ether oxygens (including phenoxy) is 1. The quantitative estimate of drug-likeness (QED) is 0.250. The maximum Gasteiger partial charge on any atom is 0.240 e. The van der Waals surface area contributed by atoms with Gasteiger partial charge in [-0.15, -0.1) is 11.8 Å². The molecule has 1 unspecified atom stereocenters. The van der Waals surface area contributed by atoms with Crippen molar-refractivity contribution in [2.75, 3.05) is 24.3 Å².